The molecule has 0 radical (unpaired) electrons. The first kappa shape index (κ1) is 14.9. The second kappa shape index (κ2) is 6.10. The van der Waals surface area contributed by atoms with E-state index in [0.29, 0.717) is 0 Å². The summed E-state index contributed by atoms with van der Waals surface area (Å²) in [7, 11) is 0. The molecule has 0 aliphatic carbocycles. The molecule has 0 atom stereocenters. The highest BCUT2D eigenvalue weighted by molar-refractivity contribution is 6.30. The van der Waals surface area contributed by atoms with Gasteiger partial charge in [-0.2, -0.15) is 0 Å². The molecule has 0 amide bonds. The fraction of sp³-hybridized carbons (Fsp3) is 0.0455. The van der Waals surface area contributed by atoms with E-state index in [0.717, 1.165) is 21.8 Å². The van der Waals surface area contributed by atoms with Crippen LogP contribution in [0, 0.1) is 6.92 Å². The van der Waals surface area contributed by atoms with Gasteiger partial charge in [0.2, 0.25) is 0 Å². The maximum absolute atomic E-state index is 6.02. The molecule has 0 aliphatic heterocycles. The lowest BCUT2D eigenvalue weighted by Crippen LogP contribution is -1.90. The molecular formula is C22H16ClN. The maximum atomic E-state index is 6.02. The van der Waals surface area contributed by atoms with Crippen molar-refractivity contribution in [2.45, 2.75) is 6.92 Å². The molecule has 2 heteroatoms. The highest BCUT2D eigenvalue weighted by Crippen LogP contribution is 2.32. The van der Waals surface area contributed by atoms with Gasteiger partial charge in [-0.3, -0.25) is 0 Å². The van der Waals surface area contributed by atoms with Crippen LogP contribution in [0.4, 0.5) is 0 Å². The van der Waals surface area contributed by atoms with Crippen LogP contribution in [0.2, 0.25) is 5.02 Å². The summed E-state index contributed by atoms with van der Waals surface area (Å²) in [5.74, 6) is 0. The number of fused-ring (bicyclic) bond motifs is 1. The van der Waals surface area contributed by atoms with Crippen molar-refractivity contribution in [1.82, 2.24) is 4.98 Å². The summed E-state index contributed by atoms with van der Waals surface area (Å²) in [6, 6.07) is 26.9. The van der Waals surface area contributed by atoms with Crippen LogP contribution in [0.5, 0.6) is 0 Å². The Balaban J connectivity index is 1.97. The third kappa shape index (κ3) is 2.79. The normalized spacial score (nSPS) is 10.9. The van der Waals surface area contributed by atoms with E-state index in [1.54, 1.807) is 0 Å². The predicted molar refractivity (Wildman–Crippen MR) is 102 cm³/mol. The zero-order valence-electron chi connectivity index (χ0n) is 13.3. The van der Waals surface area contributed by atoms with E-state index >= 15 is 0 Å². The number of hydrogen-bond acceptors (Lipinski definition) is 1. The van der Waals surface area contributed by atoms with Gasteiger partial charge in [-0.05, 0) is 42.3 Å². The summed E-state index contributed by atoms with van der Waals surface area (Å²) in [5, 5.41) is 1.90. The molecule has 24 heavy (non-hydrogen) atoms. The Morgan fingerprint density at radius 3 is 2.17 bits per heavy atom. The third-order valence-electron chi connectivity index (χ3n) is 4.22. The second-order valence-corrected chi connectivity index (χ2v) is 6.38. The number of benzene rings is 3. The number of aryl methyl sites for hydroxylation is 1. The molecular weight excluding hydrogens is 314 g/mol. The van der Waals surface area contributed by atoms with Crippen LogP contribution in [0.3, 0.4) is 0 Å². The van der Waals surface area contributed by atoms with Gasteiger partial charge in [0.25, 0.3) is 0 Å². The number of para-hydroxylation sites is 1. The topological polar surface area (TPSA) is 12.9 Å². The minimum Gasteiger partial charge on any atom is -0.248 e. The van der Waals surface area contributed by atoms with Crippen molar-refractivity contribution in [1.29, 1.82) is 0 Å². The molecule has 0 fully saturated rings. The van der Waals surface area contributed by atoms with E-state index < -0.39 is 0 Å². The molecule has 0 aliphatic rings. The van der Waals surface area contributed by atoms with E-state index in [1.165, 1.54) is 22.1 Å². The second-order valence-electron chi connectivity index (χ2n) is 5.95. The molecule has 4 aromatic rings. The Morgan fingerprint density at radius 2 is 1.42 bits per heavy atom. The van der Waals surface area contributed by atoms with Crippen molar-refractivity contribution in [2.75, 3.05) is 0 Å². The van der Waals surface area contributed by atoms with E-state index in [1.807, 2.05) is 30.3 Å². The molecule has 1 heterocycles. The fourth-order valence-electron chi connectivity index (χ4n) is 2.92. The summed E-state index contributed by atoms with van der Waals surface area (Å²) in [4.78, 5) is 4.84. The molecule has 3 aromatic carbocycles. The number of halogens is 1. The van der Waals surface area contributed by atoms with Gasteiger partial charge >= 0.3 is 0 Å². The van der Waals surface area contributed by atoms with Crippen molar-refractivity contribution in [3.63, 3.8) is 0 Å². The Kier molecular flexibility index (Phi) is 3.79. The summed E-state index contributed by atoms with van der Waals surface area (Å²) in [6.07, 6.45) is 0. The van der Waals surface area contributed by atoms with Gasteiger partial charge in [-0.15, -0.1) is 0 Å². The Bertz CT molecular complexity index is 1000. The van der Waals surface area contributed by atoms with Crippen molar-refractivity contribution in [2.24, 2.45) is 0 Å². The van der Waals surface area contributed by atoms with Crippen molar-refractivity contribution >= 4 is 22.5 Å². The van der Waals surface area contributed by atoms with Crippen LogP contribution in [0.25, 0.3) is 33.3 Å². The lowest BCUT2D eigenvalue weighted by Gasteiger charge is -2.11. The first-order valence-electron chi connectivity index (χ1n) is 7.93. The summed E-state index contributed by atoms with van der Waals surface area (Å²) in [5.41, 5.74) is 6.69. The molecule has 0 saturated heterocycles. The molecule has 0 saturated carbocycles. The smallest absolute Gasteiger partial charge is 0.0715 e. The monoisotopic (exact) mass is 329 g/mol. The van der Waals surface area contributed by atoms with Gasteiger partial charge in [-0.25, -0.2) is 4.98 Å². The molecule has 4 rings (SSSR count). The average molecular weight is 330 g/mol. The van der Waals surface area contributed by atoms with E-state index in [-0.39, 0.29) is 0 Å². The predicted octanol–water partition coefficient (Wildman–Crippen LogP) is 6.53. The minimum atomic E-state index is 0.735. The van der Waals surface area contributed by atoms with Gasteiger partial charge in [0, 0.05) is 16.0 Å². The molecule has 0 spiro atoms. The number of rotatable bonds is 2. The Labute approximate surface area is 146 Å². The largest absolute Gasteiger partial charge is 0.248 e. The van der Waals surface area contributed by atoms with Gasteiger partial charge in [0.05, 0.1) is 11.2 Å². The van der Waals surface area contributed by atoms with Crippen LogP contribution < -0.4 is 0 Å². The van der Waals surface area contributed by atoms with Crippen LogP contribution in [-0.4, -0.2) is 4.98 Å². The molecule has 116 valence electrons. The Hall–Kier alpha value is -2.64. The maximum Gasteiger partial charge on any atom is 0.0715 e. The van der Waals surface area contributed by atoms with Gasteiger partial charge < -0.3 is 0 Å². The van der Waals surface area contributed by atoms with Crippen molar-refractivity contribution in [3.8, 4) is 22.4 Å². The van der Waals surface area contributed by atoms with Gasteiger partial charge in [-0.1, -0.05) is 71.8 Å². The van der Waals surface area contributed by atoms with Crippen LogP contribution >= 0.6 is 11.6 Å². The highest BCUT2D eigenvalue weighted by Gasteiger charge is 2.09. The van der Waals surface area contributed by atoms with Gasteiger partial charge in [0.15, 0.2) is 0 Å². The number of aromatic nitrogens is 1. The standard InChI is InChI=1S/C22H16ClN/c1-15-6-8-16(9-7-15)20-14-22(17-10-12-18(23)13-11-17)24-21-5-3-2-4-19(20)21/h2-14H,1H3. The molecule has 1 nitrogen and oxygen atoms in total. The summed E-state index contributed by atoms with van der Waals surface area (Å²) >= 11 is 6.02. The summed E-state index contributed by atoms with van der Waals surface area (Å²) in [6.45, 7) is 2.10. The SMILES string of the molecule is Cc1ccc(-c2cc(-c3ccc(Cl)cc3)nc3ccccc23)cc1. The first-order valence-corrected chi connectivity index (χ1v) is 8.31. The average Bonchev–Trinajstić information content (AvgIpc) is 2.62. The lowest BCUT2D eigenvalue weighted by atomic mass is 9.97. The number of nitrogens with zero attached hydrogens (tertiary/aromatic N) is 1. The minimum absolute atomic E-state index is 0.735. The molecule has 0 N–H and O–H groups in total. The van der Waals surface area contributed by atoms with Crippen LogP contribution in [0.1, 0.15) is 5.56 Å². The number of pyridine rings is 1. The third-order valence-corrected chi connectivity index (χ3v) is 4.47. The zero-order chi connectivity index (χ0) is 16.5. The molecule has 1 aromatic heterocycles. The summed E-state index contributed by atoms with van der Waals surface area (Å²) < 4.78 is 0. The number of hydrogen-bond donors (Lipinski definition) is 0. The van der Waals surface area contributed by atoms with Crippen LogP contribution in [0.15, 0.2) is 78.9 Å². The molecule has 0 unspecified atom stereocenters. The Morgan fingerprint density at radius 1 is 0.750 bits per heavy atom. The van der Waals surface area contributed by atoms with Crippen molar-refractivity contribution < 1.29 is 0 Å². The molecule has 0 bridgehead atoms. The van der Waals surface area contributed by atoms with Gasteiger partial charge in [0.1, 0.15) is 0 Å². The van der Waals surface area contributed by atoms with Crippen molar-refractivity contribution in [3.05, 3.63) is 89.4 Å². The fourth-order valence-corrected chi connectivity index (χ4v) is 3.04. The van der Waals surface area contributed by atoms with E-state index in [2.05, 4.69) is 55.5 Å². The highest BCUT2D eigenvalue weighted by atomic mass is 35.5. The quantitative estimate of drug-likeness (QED) is 0.407. The lowest BCUT2D eigenvalue weighted by molar-refractivity contribution is 1.39. The van der Waals surface area contributed by atoms with Crippen LogP contribution in [-0.2, 0) is 0 Å². The van der Waals surface area contributed by atoms with E-state index in [9.17, 15) is 0 Å². The van der Waals surface area contributed by atoms with E-state index in [4.69, 9.17) is 16.6 Å². The first-order chi connectivity index (χ1) is 11.7. The zero-order valence-corrected chi connectivity index (χ0v) is 14.1.